The molecule has 0 aliphatic heterocycles. The van der Waals surface area contributed by atoms with Gasteiger partial charge in [-0.25, -0.2) is 4.39 Å². The summed E-state index contributed by atoms with van der Waals surface area (Å²) >= 11 is 0. The number of carbonyl (C=O) groups excluding carboxylic acids is 1. The number of nitrogens with one attached hydrogen (secondary N) is 1. The summed E-state index contributed by atoms with van der Waals surface area (Å²) in [7, 11) is 1.41. The van der Waals surface area contributed by atoms with Crippen LogP contribution in [0.4, 0.5) is 4.39 Å². The third kappa shape index (κ3) is 4.98. The van der Waals surface area contributed by atoms with Gasteiger partial charge in [0.2, 0.25) is 5.91 Å². The fourth-order valence-corrected chi connectivity index (χ4v) is 1.80. The Morgan fingerprint density at radius 1 is 1.50 bits per heavy atom. The fourth-order valence-electron chi connectivity index (χ4n) is 1.80. The van der Waals surface area contributed by atoms with E-state index in [1.807, 2.05) is 6.92 Å². The maximum atomic E-state index is 13.6. The van der Waals surface area contributed by atoms with E-state index in [4.69, 9.17) is 10.5 Å². The molecule has 1 rings (SSSR count). The van der Waals surface area contributed by atoms with Crippen molar-refractivity contribution in [2.24, 2.45) is 5.73 Å². The van der Waals surface area contributed by atoms with Crippen molar-refractivity contribution in [2.45, 2.75) is 38.8 Å². The van der Waals surface area contributed by atoms with Crippen LogP contribution in [0.1, 0.15) is 38.3 Å². The molecule has 0 spiro atoms. The van der Waals surface area contributed by atoms with Gasteiger partial charge in [-0.05, 0) is 31.0 Å². The predicted molar refractivity (Wildman–Crippen MR) is 79.6 cm³/mol. The molecule has 0 saturated heterocycles. The number of carbonyl (C=O) groups is 1. The lowest BCUT2D eigenvalue weighted by atomic mass is 10.1. The highest BCUT2D eigenvalue weighted by Crippen LogP contribution is 2.21. The first kappa shape index (κ1) is 18.7. The lowest BCUT2D eigenvalue weighted by molar-refractivity contribution is -0.123. The van der Waals surface area contributed by atoms with Crippen LogP contribution in [-0.4, -0.2) is 19.1 Å². The van der Waals surface area contributed by atoms with Gasteiger partial charge < -0.3 is 15.8 Å². The lowest BCUT2D eigenvalue weighted by Crippen LogP contribution is -2.41. The molecule has 6 heteroatoms. The van der Waals surface area contributed by atoms with E-state index < -0.39 is 11.9 Å². The molecule has 4 nitrogen and oxygen atoms in total. The smallest absolute Gasteiger partial charge is 0.237 e. The van der Waals surface area contributed by atoms with Crippen LogP contribution in [0.15, 0.2) is 18.2 Å². The van der Waals surface area contributed by atoms with Crippen molar-refractivity contribution >= 4 is 18.3 Å². The Morgan fingerprint density at radius 3 is 2.65 bits per heavy atom. The summed E-state index contributed by atoms with van der Waals surface area (Å²) in [4.78, 5) is 11.8. The molecule has 1 aromatic rings. The molecule has 1 amide bonds. The van der Waals surface area contributed by atoms with Crippen LogP contribution in [0.25, 0.3) is 0 Å². The van der Waals surface area contributed by atoms with Gasteiger partial charge in [0.25, 0.3) is 0 Å². The number of methoxy groups -OCH3 is 1. The summed E-state index contributed by atoms with van der Waals surface area (Å²) in [5, 5.41) is 2.77. The van der Waals surface area contributed by atoms with Gasteiger partial charge in [-0.1, -0.05) is 19.4 Å². The van der Waals surface area contributed by atoms with Crippen LogP contribution >= 0.6 is 12.4 Å². The van der Waals surface area contributed by atoms with Crippen molar-refractivity contribution in [3.05, 3.63) is 29.6 Å². The Morgan fingerprint density at radius 2 is 2.15 bits per heavy atom. The zero-order valence-corrected chi connectivity index (χ0v) is 12.8. The minimum atomic E-state index is -0.518. The van der Waals surface area contributed by atoms with Crippen LogP contribution < -0.4 is 15.8 Å². The second kappa shape index (κ2) is 8.76. The Balaban J connectivity index is 0.00000361. The number of hydrogen-bond acceptors (Lipinski definition) is 3. The monoisotopic (exact) mass is 304 g/mol. The van der Waals surface area contributed by atoms with E-state index in [0.717, 1.165) is 6.42 Å². The Kier molecular flexibility index (Phi) is 8.18. The van der Waals surface area contributed by atoms with E-state index in [0.29, 0.717) is 12.0 Å². The van der Waals surface area contributed by atoms with Crippen molar-refractivity contribution in [1.82, 2.24) is 5.32 Å². The Hall–Kier alpha value is -1.33. The van der Waals surface area contributed by atoms with Crippen LogP contribution in [0.3, 0.4) is 0 Å². The molecule has 20 heavy (non-hydrogen) atoms. The summed E-state index contributed by atoms with van der Waals surface area (Å²) < 4.78 is 18.4. The molecule has 0 bridgehead atoms. The molecule has 2 unspecified atom stereocenters. The van der Waals surface area contributed by atoms with E-state index in [2.05, 4.69) is 5.32 Å². The number of ether oxygens (including phenoxy) is 1. The van der Waals surface area contributed by atoms with Crippen molar-refractivity contribution in [1.29, 1.82) is 0 Å². The first-order chi connectivity index (χ1) is 8.99. The Bertz CT molecular complexity index is 443. The van der Waals surface area contributed by atoms with Gasteiger partial charge in [0, 0.05) is 0 Å². The molecule has 0 heterocycles. The molecule has 0 radical (unpaired) electrons. The molecular weight excluding hydrogens is 283 g/mol. The first-order valence-electron chi connectivity index (χ1n) is 6.39. The molecule has 2 atom stereocenters. The highest BCUT2D eigenvalue weighted by atomic mass is 35.5. The third-order valence-corrected chi connectivity index (χ3v) is 2.97. The van der Waals surface area contributed by atoms with Gasteiger partial charge in [0.05, 0.1) is 19.2 Å². The number of amides is 1. The number of halogens is 2. The van der Waals surface area contributed by atoms with Gasteiger partial charge in [-0.15, -0.1) is 12.4 Å². The quantitative estimate of drug-likeness (QED) is 0.849. The average molecular weight is 305 g/mol. The zero-order chi connectivity index (χ0) is 14.4. The maximum absolute atomic E-state index is 13.6. The Labute approximate surface area is 125 Å². The largest absolute Gasteiger partial charge is 0.494 e. The summed E-state index contributed by atoms with van der Waals surface area (Å²) in [6.45, 7) is 3.76. The predicted octanol–water partition coefficient (Wildman–Crippen LogP) is 2.56. The standard InChI is InChI=1S/C14H21FN2O2.ClH/c1-4-5-12(16)14(18)17-9(2)10-6-7-13(19-3)11(15)8-10;/h6-9,12H,4-5,16H2,1-3H3,(H,17,18);1H. The van der Waals surface area contributed by atoms with Crippen molar-refractivity contribution in [3.63, 3.8) is 0 Å². The molecule has 0 saturated carbocycles. The highest BCUT2D eigenvalue weighted by Gasteiger charge is 2.16. The number of hydrogen-bond donors (Lipinski definition) is 2. The van der Waals surface area contributed by atoms with Gasteiger partial charge in [0.1, 0.15) is 0 Å². The molecule has 114 valence electrons. The van der Waals surface area contributed by atoms with Crippen molar-refractivity contribution in [3.8, 4) is 5.75 Å². The highest BCUT2D eigenvalue weighted by molar-refractivity contribution is 5.85. The normalized spacial score (nSPS) is 13.1. The zero-order valence-electron chi connectivity index (χ0n) is 12.0. The average Bonchev–Trinajstić information content (AvgIpc) is 2.38. The van der Waals surface area contributed by atoms with E-state index in [1.54, 1.807) is 19.1 Å². The van der Waals surface area contributed by atoms with E-state index >= 15 is 0 Å². The summed E-state index contributed by atoms with van der Waals surface area (Å²) in [6, 6.07) is 3.80. The second-order valence-electron chi connectivity index (χ2n) is 4.52. The fraction of sp³-hybridized carbons (Fsp3) is 0.500. The lowest BCUT2D eigenvalue weighted by Gasteiger charge is -2.18. The summed E-state index contributed by atoms with van der Waals surface area (Å²) in [5.41, 5.74) is 6.40. The van der Waals surface area contributed by atoms with Crippen LogP contribution in [-0.2, 0) is 4.79 Å². The summed E-state index contributed by atoms with van der Waals surface area (Å²) in [6.07, 6.45) is 1.48. The van der Waals surface area contributed by atoms with Gasteiger partial charge in [-0.2, -0.15) is 0 Å². The van der Waals surface area contributed by atoms with Crippen LogP contribution in [0.2, 0.25) is 0 Å². The SMILES string of the molecule is CCCC(N)C(=O)NC(C)c1ccc(OC)c(F)c1.Cl. The first-order valence-corrected chi connectivity index (χ1v) is 6.39. The molecule has 1 aromatic carbocycles. The molecule has 0 aliphatic carbocycles. The minimum Gasteiger partial charge on any atom is -0.494 e. The number of nitrogens with two attached hydrogens (primary N) is 1. The van der Waals surface area contributed by atoms with E-state index in [1.165, 1.54) is 13.2 Å². The van der Waals surface area contributed by atoms with Gasteiger partial charge >= 0.3 is 0 Å². The molecule has 0 aliphatic rings. The number of benzene rings is 1. The van der Waals surface area contributed by atoms with Crippen molar-refractivity contribution < 1.29 is 13.9 Å². The van der Waals surface area contributed by atoms with Crippen LogP contribution in [0.5, 0.6) is 5.75 Å². The van der Waals surface area contributed by atoms with Gasteiger partial charge in [0.15, 0.2) is 11.6 Å². The number of rotatable bonds is 6. The minimum absolute atomic E-state index is 0. The van der Waals surface area contributed by atoms with Crippen LogP contribution in [0, 0.1) is 5.82 Å². The molecule has 0 fully saturated rings. The van der Waals surface area contributed by atoms with E-state index in [-0.39, 0.29) is 30.1 Å². The van der Waals surface area contributed by atoms with Gasteiger partial charge in [-0.3, -0.25) is 4.79 Å². The summed E-state index contributed by atoms with van der Waals surface area (Å²) in [5.74, 6) is -0.477. The molecule has 0 aromatic heterocycles. The topological polar surface area (TPSA) is 64.4 Å². The maximum Gasteiger partial charge on any atom is 0.237 e. The van der Waals surface area contributed by atoms with E-state index in [9.17, 15) is 9.18 Å². The molecular formula is C14H22ClFN2O2. The molecule has 3 N–H and O–H groups in total. The second-order valence-corrected chi connectivity index (χ2v) is 4.52. The third-order valence-electron chi connectivity index (χ3n) is 2.97. The van der Waals surface area contributed by atoms with Crippen molar-refractivity contribution in [2.75, 3.05) is 7.11 Å².